The number of carbonyl (C=O) groups is 1. The Balaban J connectivity index is 2.30. The highest BCUT2D eigenvalue weighted by Gasteiger charge is 2.14. The normalized spacial score (nSPS) is 16.5. The highest BCUT2D eigenvalue weighted by molar-refractivity contribution is 5.80. The Kier molecular flexibility index (Phi) is 3.02. The molecule has 15 heavy (non-hydrogen) atoms. The number of carbonyl (C=O) groups excluding carboxylic acids is 1. The first-order valence-electron chi connectivity index (χ1n) is 5.20. The summed E-state index contributed by atoms with van der Waals surface area (Å²) in [4.78, 5) is 13.1. The van der Waals surface area contributed by atoms with Crippen molar-refractivity contribution in [2.24, 2.45) is 0 Å². The summed E-state index contributed by atoms with van der Waals surface area (Å²) in [7, 11) is 0. The average molecular weight is 205 g/mol. The molecule has 0 aromatic heterocycles. The predicted octanol–water partition coefficient (Wildman–Crippen LogP) is 1.64. The van der Waals surface area contributed by atoms with Crippen LogP contribution in [0.25, 0.3) is 0 Å². The van der Waals surface area contributed by atoms with Crippen LogP contribution in [-0.2, 0) is 4.74 Å². The molecule has 0 spiro atoms. The van der Waals surface area contributed by atoms with Crippen molar-refractivity contribution in [3.05, 3.63) is 29.3 Å². The molecule has 0 amide bonds. The van der Waals surface area contributed by atoms with Gasteiger partial charge in [0.15, 0.2) is 0 Å². The van der Waals surface area contributed by atoms with Crippen LogP contribution in [0.15, 0.2) is 18.2 Å². The number of morpholine rings is 1. The Hall–Kier alpha value is -1.35. The van der Waals surface area contributed by atoms with E-state index in [0.717, 1.165) is 49.4 Å². The standard InChI is InChI=1S/C12H15NO2/c1-10-11(9-14)3-2-4-12(10)13-5-7-15-8-6-13/h2-4,9H,5-8H2,1H3. The number of rotatable bonds is 2. The van der Waals surface area contributed by atoms with Gasteiger partial charge >= 0.3 is 0 Å². The molecule has 1 fully saturated rings. The molecule has 1 saturated heterocycles. The summed E-state index contributed by atoms with van der Waals surface area (Å²) in [6.45, 7) is 5.34. The van der Waals surface area contributed by atoms with Crippen molar-refractivity contribution in [2.75, 3.05) is 31.2 Å². The second-order valence-corrected chi connectivity index (χ2v) is 3.71. The van der Waals surface area contributed by atoms with E-state index in [1.165, 1.54) is 0 Å². The van der Waals surface area contributed by atoms with Crippen molar-refractivity contribution in [3.8, 4) is 0 Å². The Labute approximate surface area is 89.7 Å². The lowest BCUT2D eigenvalue weighted by molar-refractivity contribution is 0.112. The predicted molar refractivity (Wildman–Crippen MR) is 59.6 cm³/mol. The van der Waals surface area contributed by atoms with Gasteiger partial charge in [0.05, 0.1) is 13.2 Å². The first-order chi connectivity index (χ1) is 7.33. The quantitative estimate of drug-likeness (QED) is 0.687. The molecule has 0 bridgehead atoms. The lowest BCUT2D eigenvalue weighted by Gasteiger charge is -2.30. The number of ether oxygens (including phenoxy) is 1. The van der Waals surface area contributed by atoms with Crippen LogP contribution in [0.3, 0.4) is 0 Å². The van der Waals surface area contributed by atoms with Gasteiger partial charge in [-0.15, -0.1) is 0 Å². The largest absolute Gasteiger partial charge is 0.378 e. The molecule has 80 valence electrons. The molecule has 0 radical (unpaired) electrons. The zero-order valence-electron chi connectivity index (χ0n) is 8.90. The van der Waals surface area contributed by atoms with E-state index < -0.39 is 0 Å². The SMILES string of the molecule is Cc1c(C=O)cccc1N1CCOCC1. The third-order valence-corrected chi connectivity index (χ3v) is 2.83. The summed E-state index contributed by atoms with van der Waals surface area (Å²) >= 11 is 0. The minimum absolute atomic E-state index is 0.769. The lowest BCUT2D eigenvalue weighted by Crippen LogP contribution is -2.36. The summed E-state index contributed by atoms with van der Waals surface area (Å²) < 4.78 is 5.31. The van der Waals surface area contributed by atoms with Crippen LogP contribution < -0.4 is 4.90 Å². The van der Waals surface area contributed by atoms with Crippen molar-refractivity contribution in [3.63, 3.8) is 0 Å². The molecule has 0 unspecified atom stereocenters. The van der Waals surface area contributed by atoms with E-state index >= 15 is 0 Å². The zero-order chi connectivity index (χ0) is 10.7. The van der Waals surface area contributed by atoms with Crippen LogP contribution in [0.5, 0.6) is 0 Å². The number of benzene rings is 1. The molecule has 1 aromatic carbocycles. The highest BCUT2D eigenvalue weighted by Crippen LogP contribution is 2.22. The smallest absolute Gasteiger partial charge is 0.150 e. The molecule has 1 aliphatic rings. The second-order valence-electron chi connectivity index (χ2n) is 3.71. The molecule has 0 atom stereocenters. The van der Waals surface area contributed by atoms with E-state index in [4.69, 9.17) is 4.74 Å². The maximum absolute atomic E-state index is 10.8. The zero-order valence-corrected chi connectivity index (χ0v) is 8.90. The first kappa shape index (κ1) is 10.2. The van der Waals surface area contributed by atoms with E-state index in [-0.39, 0.29) is 0 Å². The highest BCUT2D eigenvalue weighted by atomic mass is 16.5. The van der Waals surface area contributed by atoms with Gasteiger partial charge in [-0.2, -0.15) is 0 Å². The topological polar surface area (TPSA) is 29.5 Å². The molecule has 3 nitrogen and oxygen atoms in total. The van der Waals surface area contributed by atoms with Gasteiger partial charge in [0.2, 0.25) is 0 Å². The van der Waals surface area contributed by atoms with Crippen molar-refractivity contribution >= 4 is 12.0 Å². The fourth-order valence-electron chi connectivity index (χ4n) is 1.92. The molecule has 0 N–H and O–H groups in total. The molecule has 1 heterocycles. The average Bonchev–Trinajstić information content (AvgIpc) is 2.30. The first-order valence-corrected chi connectivity index (χ1v) is 5.20. The molecule has 3 heteroatoms. The monoisotopic (exact) mass is 205 g/mol. The van der Waals surface area contributed by atoms with Crippen LogP contribution >= 0.6 is 0 Å². The van der Waals surface area contributed by atoms with Crippen LogP contribution in [0.4, 0.5) is 5.69 Å². The van der Waals surface area contributed by atoms with Gasteiger partial charge in [0.1, 0.15) is 6.29 Å². The van der Waals surface area contributed by atoms with Crippen molar-refractivity contribution in [1.82, 2.24) is 0 Å². The minimum atomic E-state index is 0.769. The van der Waals surface area contributed by atoms with Crippen LogP contribution in [0.2, 0.25) is 0 Å². The molecule has 0 aliphatic carbocycles. The van der Waals surface area contributed by atoms with Gasteiger partial charge in [-0.05, 0) is 18.6 Å². The fourth-order valence-corrected chi connectivity index (χ4v) is 1.92. The number of aldehydes is 1. The maximum Gasteiger partial charge on any atom is 0.150 e. The summed E-state index contributed by atoms with van der Waals surface area (Å²) in [5.74, 6) is 0. The Bertz CT molecular complexity index is 357. The van der Waals surface area contributed by atoms with Gasteiger partial charge in [-0.25, -0.2) is 0 Å². The number of anilines is 1. The van der Waals surface area contributed by atoms with Crippen molar-refractivity contribution in [2.45, 2.75) is 6.92 Å². The van der Waals surface area contributed by atoms with Crippen molar-refractivity contribution < 1.29 is 9.53 Å². The van der Waals surface area contributed by atoms with Gasteiger partial charge in [0.25, 0.3) is 0 Å². The van der Waals surface area contributed by atoms with E-state index in [1.54, 1.807) is 0 Å². The van der Waals surface area contributed by atoms with Gasteiger partial charge in [-0.3, -0.25) is 4.79 Å². The summed E-state index contributed by atoms with van der Waals surface area (Å²) in [6, 6.07) is 5.85. The molecule has 1 aromatic rings. The van der Waals surface area contributed by atoms with E-state index in [0.29, 0.717) is 0 Å². The van der Waals surface area contributed by atoms with Gasteiger partial charge in [-0.1, -0.05) is 12.1 Å². The number of nitrogens with zero attached hydrogens (tertiary/aromatic N) is 1. The van der Waals surface area contributed by atoms with Crippen LogP contribution in [-0.4, -0.2) is 32.6 Å². The second kappa shape index (κ2) is 4.45. The fraction of sp³-hybridized carbons (Fsp3) is 0.417. The molecule has 2 rings (SSSR count). The van der Waals surface area contributed by atoms with Gasteiger partial charge < -0.3 is 9.64 Å². The summed E-state index contributed by atoms with van der Waals surface area (Å²) in [5, 5.41) is 0. The summed E-state index contributed by atoms with van der Waals surface area (Å²) in [6.07, 6.45) is 0.916. The maximum atomic E-state index is 10.8. The molecular weight excluding hydrogens is 190 g/mol. The lowest BCUT2D eigenvalue weighted by atomic mass is 10.1. The third kappa shape index (κ3) is 2.02. The third-order valence-electron chi connectivity index (χ3n) is 2.83. The molecule has 0 saturated carbocycles. The van der Waals surface area contributed by atoms with E-state index in [9.17, 15) is 4.79 Å². The van der Waals surface area contributed by atoms with E-state index in [2.05, 4.69) is 11.0 Å². The van der Waals surface area contributed by atoms with Crippen molar-refractivity contribution in [1.29, 1.82) is 0 Å². The van der Waals surface area contributed by atoms with Gasteiger partial charge in [0, 0.05) is 24.3 Å². The summed E-state index contributed by atoms with van der Waals surface area (Å²) in [5.41, 5.74) is 3.00. The Morgan fingerprint density at radius 2 is 2.07 bits per heavy atom. The van der Waals surface area contributed by atoms with Crippen LogP contribution in [0, 0.1) is 6.92 Å². The minimum Gasteiger partial charge on any atom is -0.378 e. The Morgan fingerprint density at radius 3 is 2.73 bits per heavy atom. The van der Waals surface area contributed by atoms with E-state index in [1.807, 2.05) is 19.1 Å². The van der Waals surface area contributed by atoms with Crippen LogP contribution in [0.1, 0.15) is 15.9 Å². The molecule has 1 aliphatic heterocycles. The number of hydrogen-bond acceptors (Lipinski definition) is 3. The molecular formula is C12H15NO2. The number of hydrogen-bond donors (Lipinski definition) is 0. The Morgan fingerprint density at radius 1 is 1.33 bits per heavy atom.